The zero-order valence-electron chi connectivity index (χ0n) is 14.7. The van der Waals surface area contributed by atoms with Crippen LogP contribution in [0.1, 0.15) is 21.5 Å². The van der Waals surface area contributed by atoms with Crippen molar-refractivity contribution < 1.29 is 9.59 Å². The van der Waals surface area contributed by atoms with Gasteiger partial charge in [-0.1, -0.05) is 42.0 Å². The number of amides is 2. The van der Waals surface area contributed by atoms with Crippen LogP contribution in [0, 0.1) is 6.92 Å². The summed E-state index contributed by atoms with van der Waals surface area (Å²) in [5, 5.41) is 6.55. The van der Waals surface area contributed by atoms with Crippen molar-refractivity contribution >= 4 is 22.7 Å². The van der Waals surface area contributed by atoms with E-state index >= 15 is 0 Å². The number of hydrogen-bond donors (Lipinski definition) is 2. The van der Waals surface area contributed by atoms with Gasteiger partial charge < -0.3 is 10.6 Å². The lowest BCUT2D eigenvalue weighted by Crippen LogP contribution is -2.37. The van der Waals surface area contributed by atoms with Crippen LogP contribution in [0.25, 0.3) is 10.9 Å². The maximum atomic E-state index is 12.0. The van der Waals surface area contributed by atoms with E-state index in [9.17, 15) is 9.59 Å². The predicted octanol–water partition coefficient (Wildman–Crippen LogP) is 2.63. The summed E-state index contributed by atoms with van der Waals surface area (Å²) >= 11 is 0. The highest BCUT2D eigenvalue weighted by Crippen LogP contribution is 2.15. The number of fused-ring (bicyclic) bond motifs is 1. The normalized spacial score (nSPS) is 10.5. The van der Waals surface area contributed by atoms with Gasteiger partial charge in [0.05, 0.1) is 12.1 Å². The van der Waals surface area contributed by atoms with Crippen molar-refractivity contribution in [2.24, 2.45) is 0 Å². The molecule has 0 saturated carbocycles. The number of aromatic nitrogens is 1. The number of carbonyl (C=O) groups is 2. The average Bonchev–Trinajstić information content (AvgIpc) is 2.67. The number of rotatable bonds is 6. The van der Waals surface area contributed by atoms with E-state index < -0.39 is 0 Å². The molecule has 0 saturated heterocycles. The van der Waals surface area contributed by atoms with Crippen molar-refractivity contribution in [2.45, 2.75) is 13.3 Å². The van der Waals surface area contributed by atoms with Gasteiger partial charge in [0, 0.05) is 23.7 Å². The van der Waals surface area contributed by atoms with E-state index in [1.165, 1.54) is 0 Å². The van der Waals surface area contributed by atoms with Crippen LogP contribution in [0.5, 0.6) is 0 Å². The van der Waals surface area contributed by atoms with Gasteiger partial charge in [0.15, 0.2) is 0 Å². The van der Waals surface area contributed by atoms with Crippen LogP contribution >= 0.6 is 0 Å². The van der Waals surface area contributed by atoms with E-state index in [0.29, 0.717) is 18.5 Å². The molecular weight excluding hydrogens is 326 g/mol. The molecule has 2 aromatic carbocycles. The highest BCUT2D eigenvalue weighted by Gasteiger charge is 2.08. The molecule has 0 bridgehead atoms. The van der Waals surface area contributed by atoms with E-state index in [1.807, 2.05) is 49.4 Å². The lowest BCUT2D eigenvalue weighted by atomic mass is 10.1. The molecule has 0 spiro atoms. The van der Waals surface area contributed by atoms with Gasteiger partial charge in [-0.2, -0.15) is 0 Å². The van der Waals surface area contributed by atoms with Crippen LogP contribution in [0.2, 0.25) is 0 Å². The topological polar surface area (TPSA) is 71.1 Å². The van der Waals surface area contributed by atoms with Crippen molar-refractivity contribution in [3.8, 4) is 0 Å². The van der Waals surface area contributed by atoms with Gasteiger partial charge in [-0.25, -0.2) is 0 Å². The van der Waals surface area contributed by atoms with E-state index in [-0.39, 0.29) is 18.4 Å². The van der Waals surface area contributed by atoms with E-state index in [2.05, 4.69) is 15.6 Å². The Morgan fingerprint density at radius 2 is 1.73 bits per heavy atom. The van der Waals surface area contributed by atoms with Crippen molar-refractivity contribution in [3.05, 3.63) is 77.5 Å². The van der Waals surface area contributed by atoms with Gasteiger partial charge in [0.1, 0.15) is 0 Å². The number of benzene rings is 2. The summed E-state index contributed by atoms with van der Waals surface area (Å²) < 4.78 is 0. The lowest BCUT2D eigenvalue weighted by molar-refractivity contribution is -0.120. The minimum atomic E-state index is -0.251. The van der Waals surface area contributed by atoms with Crippen LogP contribution in [-0.2, 0) is 11.2 Å². The summed E-state index contributed by atoms with van der Waals surface area (Å²) in [7, 11) is 0. The molecule has 0 aliphatic heterocycles. The van der Waals surface area contributed by atoms with E-state index in [0.717, 1.165) is 22.0 Å². The fourth-order valence-corrected chi connectivity index (χ4v) is 2.74. The zero-order valence-corrected chi connectivity index (χ0v) is 14.7. The molecule has 0 radical (unpaired) electrons. The molecule has 132 valence electrons. The van der Waals surface area contributed by atoms with Gasteiger partial charge in [-0.05, 0) is 37.1 Å². The van der Waals surface area contributed by atoms with Gasteiger partial charge in [0.25, 0.3) is 5.91 Å². The van der Waals surface area contributed by atoms with E-state index in [4.69, 9.17) is 0 Å². The Hall–Kier alpha value is -3.21. The second-order valence-electron chi connectivity index (χ2n) is 6.14. The molecule has 1 aromatic heterocycles. The molecule has 3 rings (SSSR count). The largest absolute Gasteiger partial charge is 0.354 e. The Bertz CT molecular complexity index is 915. The van der Waals surface area contributed by atoms with Crippen molar-refractivity contribution in [1.29, 1.82) is 0 Å². The smallest absolute Gasteiger partial charge is 0.251 e. The standard InChI is InChI=1S/C21H21N3O2/c1-15-7-9-18(10-8-15)21(26)24-14-19(25)22-13-11-17-5-2-4-16-6-3-12-23-20(16)17/h2-10,12H,11,13-14H2,1H3,(H,22,25)(H,24,26). The number of nitrogens with one attached hydrogen (secondary N) is 2. The third-order valence-electron chi connectivity index (χ3n) is 4.16. The van der Waals surface area contributed by atoms with Crippen LogP contribution < -0.4 is 10.6 Å². The molecule has 26 heavy (non-hydrogen) atoms. The maximum absolute atomic E-state index is 12.0. The third kappa shape index (κ3) is 4.45. The van der Waals surface area contributed by atoms with Crippen LogP contribution in [0.3, 0.4) is 0 Å². The first kappa shape index (κ1) is 17.6. The summed E-state index contributed by atoms with van der Waals surface area (Å²) in [5.41, 5.74) is 3.68. The van der Waals surface area contributed by atoms with Crippen molar-refractivity contribution in [3.63, 3.8) is 0 Å². The van der Waals surface area contributed by atoms with Gasteiger partial charge in [-0.3, -0.25) is 14.6 Å². The summed E-state index contributed by atoms with van der Waals surface area (Å²) in [6, 6.07) is 17.2. The minimum Gasteiger partial charge on any atom is -0.354 e. The second kappa shape index (κ2) is 8.25. The fraction of sp³-hybridized carbons (Fsp3) is 0.190. The van der Waals surface area contributed by atoms with E-state index in [1.54, 1.807) is 18.3 Å². The summed E-state index contributed by atoms with van der Waals surface area (Å²) in [4.78, 5) is 28.4. The SMILES string of the molecule is Cc1ccc(C(=O)NCC(=O)NCCc2cccc3cccnc23)cc1. The Labute approximate surface area is 152 Å². The van der Waals surface area contributed by atoms with Gasteiger partial charge in [0.2, 0.25) is 5.91 Å². The molecule has 1 heterocycles. The summed E-state index contributed by atoms with van der Waals surface area (Å²) in [6.45, 7) is 2.41. The molecule has 5 nitrogen and oxygen atoms in total. The first-order valence-corrected chi connectivity index (χ1v) is 8.57. The number of pyridine rings is 1. The Balaban J connectivity index is 1.47. The molecule has 0 atom stereocenters. The first-order valence-electron chi connectivity index (χ1n) is 8.57. The number of aryl methyl sites for hydroxylation is 1. The maximum Gasteiger partial charge on any atom is 0.251 e. The molecule has 3 aromatic rings. The molecular formula is C21H21N3O2. The van der Waals surface area contributed by atoms with Gasteiger partial charge >= 0.3 is 0 Å². The Morgan fingerprint density at radius 3 is 2.54 bits per heavy atom. The summed E-state index contributed by atoms with van der Waals surface area (Å²) in [5.74, 6) is -0.461. The Kier molecular flexibility index (Phi) is 5.59. The van der Waals surface area contributed by atoms with Crippen molar-refractivity contribution in [1.82, 2.24) is 15.6 Å². The predicted molar refractivity (Wildman–Crippen MR) is 102 cm³/mol. The fourth-order valence-electron chi connectivity index (χ4n) is 2.74. The number of nitrogens with zero attached hydrogens (tertiary/aromatic N) is 1. The average molecular weight is 347 g/mol. The quantitative estimate of drug-likeness (QED) is 0.720. The highest BCUT2D eigenvalue weighted by molar-refractivity contribution is 5.96. The van der Waals surface area contributed by atoms with Crippen LogP contribution in [-0.4, -0.2) is 29.9 Å². The number of hydrogen-bond acceptors (Lipinski definition) is 3. The lowest BCUT2D eigenvalue weighted by Gasteiger charge is -2.08. The Morgan fingerprint density at radius 1 is 0.962 bits per heavy atom. The van der Waals surface area contributed by atoms with Gasteiger partial charge in [-0.15, -0.1) is 0 Å². The molecule has 0 unspecified atom stereocenters. The highest BCUT2D eigenvalue weighted by atomic mass is 16.2. The molecule has 5 heteroatoms. The van der Waals surface area contributed by atoms with Crippen LogP contribution in [0.15, 0.2) is 60.8 Å². The molecule has 2 N–H and O–H groups in total. The molecule has 2 amide bonds. The molecule has 0 aliphatic rings. The zero-order chi connectivity index (χ0) is 18.4. The molecule has 0 fully saturated rings. The summed E-state index contributed by atoms with van der Waals surface area (Å²) in [6.07, 6.45) is 2.46. The second-order valence-corrected chi connectivity index (χ2v) is 6.14. The molecule has 0 aliphatic carbocycles. The minimum absolute atomic E-state index is 0.0412. The number of carbonyl (C=O) groups excluding carboxylic acids is 2. The first-order chi connectivity index (χ1) is 12.6. The van der Waals surface area contributed by atoms with Crippen LogP contribution in [0.4, 0.5) is 0 Å². The number of para-hydroxylation sites is 1. The monoisotopic (exact) mass is 347 g/mol. The third-order valence-corrected chi connectivity index (χ3v) is 4.16. The van der Waals surface area contributed by atoms with Crippen molar-refractivity contribution in [2.75, 3.05) is 13.1 Å².